The fourth-order valence-electron chi connectivity index (χ4n) is 2.10. The molecule has 1 aromatic rings. The molecule has 0 radical (unpaired) electrons. The van der Waals surface area contributed by atoms with Crippen molar-refractivity contribution >= 4 is 27.5 Å². The number of hydrogen-bond acceptors (Lipinski definition) is 6. The van der Waals surface area contributed by atoms with Crippen LogP contribution in [0.25, 0.3) is 0 Å². The highest BCUT2D eigenvalue weighted by Crippen LogP contribution is 2.24. The van der Waals surface area contributed by atoms with Gasteiger partial charge in [-0.2, -0.15) is 11.8 Å². The number of sulfonamides is 1. The van der Waals surface area contributed by atoms with Crippen molar-refractivity contribution in [3.8, 4) is 5.75 Å². The molecule has 0 atom stereocenters. The van der Waals surface area contributed by atoms with E-state index in [-0.39, 0.29) is 4.90 Å². The Morgan fingerprint density at radius 3 is 2.76 bits per heavy atom. The zero-order valence-electron chi connectivity index (χ0n) is 12.0. The van der Waals surface area contributed by atoms with E-state index in [2.05, 4.69) is 9.62 Å². The largest absolute Gasteiger partial charge is 0.495 e. The van der Waals surface area contributed by atoms with Crippen molar-refractivity contribution in [2.45, 2.75) is 4.90 Å². The molecular formula is C13H21N3O3S2. The van der Waals surface area contributed by atoms with E-state index in [0.717, 1.165) is 31.1 Å². The van der Waals surface area contributed by atoms with Gasteiger partial charge >= 0.3 is 0 Å². The number of rotatable bonds is 6. The molecule has 0 aliphatic carbocycles. The molecule has 0 unspecified atom stereocenters. The van der Waals surface area contributed by atoms with Gasteiger partial charge in [-0.15, -0.1) is 0 Å². The molecule has 1 aromatic carbocycles. The summed E-state index contributed by atoms with van der Waals surface area (Å²) < 4.78 is 32.1. The highest BCUT2D eigenvalue weighted by Gasteiger charge is 2.17. The minimum absolute atomic E-state index is 0.169. The Morgan fingerprint density at radius 2 is 2.10 bits per heavy atom. The summed E-state index contributed by atoms with van der Waals surface area (Å²) >= 11 is 1.93. The van der Waals surface area contributed by atoms with Gasteiger partial charge in [-0.25, -0.2) is 13.1 Å². The molecule has 1 saturated heterocycles. The standard InChI is InChI=1S/C13H21N3O3S2/c1-19-13-10-11(2-3-12(13)14)21(17,18)15-4-5-16-6-8-20-9-7-16/h2-3,10,15H,4-9,14H2,1H3. The van der Waals surface area contributed by atoms with Crippen LogP contribution >= 0.6 is 11.8 Å². The first-order chi connectivity index (χ1) is 10.0. The van der Waals surface area contributed by atoms with Crippen LogP contribution in [0.15, 0.2) is 23.1 Å². The number of methoxy groups -OCH3 is 1. The van der Waals surface area contributed by atoms with Crippen LogP contribution in [-0.4, -0.2) is 58.1 Å². The maximum Gasteiger partial charge on any atom is 0.240 e. The van der Waals surface area contributed by atoms with Crippen LogP contribution in [-0.2, 0) is 10.0 Å². The molecule has 1 fully saturated rings. The summed E-state index contributed by atoms with van der Waals surface area (Å²) in [5, 5.41) is 0. The normalized spacial score (nSPS) is 16.8. The number of nitrogens with one attached hydrogen (secondary N) is 1. The lowest BCUT2D eigenvalue weighted by Crippen LogP contribution is -2.39. The summed E-state index contributed by atoms with van der Waals surface area (Å²) in [5.74, 6) is 2.59. The van der Waals surface area contributed by atoms with E-state index in [0.29, 0.717) is 18.0 Å². The molecule has 118 valence electrons. The fraction of sp³-hybridized carbons (Fsp3) is 0.538. The molecule has 1 aliphatic rings. The van der Waals surface area contributed by atoms with Crippen LogP contribution < -0.4 is 15.2 Å². The Hall–Kier alpha value is -0.960. The van der Waals surface area contributed by atoms with Crippen molar-refractivity contribution < 1.29 is 13.2 Å². The highest BCUT2D eigenvalue weighted by molar-refractivity contribution is 7.99. The summed E-state index contributed by atoms with van der Waals surface area (Å²) in [6.07, 6.45) is 0. The van der Waals surface area contributed by atoms with E-state index in [1.165, 1.54) is 25.3 Å². The van der Waals surface area contributed by atoms with Crippen LogP contribution in [0.1, 0.15) is 0 Å². The minimum atomic E-state index is -3.53. The van der Waals surface area contributed by atoms with Crippen LogP contribution in [0.2, 0.25) is 0 Å². The molecule has 0 bridgehead atoms. The number of hydrogen-bond donors (Lipinski definition) is 2. The van der Waals surface area contributed by atoms with E-state index >= 15 is 0 Å². The number of nitrogens with zero attached hydrogens (tertiary/aromatic N) is 1. The average Bonchev–Trinajstić information content (AvgIpc) is 2.48. The van der Waals surface area contributed by atoms with E-state index in [4.69, 9.17) is 10.5 Å². The number of anilines is 1. The quantitative estimate of drug-likeness (QED) is 0.743. The maximum atomic E-state index is 12.2. The van der Waals surface area contributed by atoms with Crippen molar-refractivity contribution in [3.63, 3.8) is 0 Å². The van der Waals surface area contributed by atoms with E-state index in [1.807, 2.05) is 11.8 Å². The molecule has 21 heavy (non-hydrogen) atoms. The summed E-state index contributed by atoms with van der Waals surface area (Å²) in [6.45, 7) is 3.16. The second-order valence-corrected chi connectivity index (χ2v) is 7.75. The molecule has 8 heteroatoms. The lowest BCUT2D eigenvalue weighted by molar-refractivity contribution is 0.307. The van der Waals surface area contributed by atoms with Gasteiger partial charge in [-0.3, -0.25) is 0 Å². The summed E-state index contributed by atoms with van der Waals surface area (Å²) in [5.41, 5.74) is 6.11. The van der Waals surface area contributed by atoms with Crippen LogP contribution in [0.5, 0.6) is 5.75 Å². The first kappa shape index (κ1) is 16.4. The highest BCUT2D eigenvalue weighted by atomic mass is 32.2. The molecule has 1 aliphatic heterocycles. The van der Waals surface area contributed by atoms with Gasteiger partial charge in [0.2, 0.25) is 10.0 Å². The molecule has 0 spiro atoms. The van der Waals surface area contributed by atoms with Crippen LogP contribution in [0, 0.1) is 0 Å². The Bertz CT molecular complexity index is 572. The number of ether oxygens (including phenoxy) is 1. The number of nitrogens with two attached hydrogens (primary N) is 1. The van der Waals surface area contributed by atoms with Gasteiger partial charge in [0.05, 0.1) is 17.7 Å². The van der Waals surface area contributed by atoms with E-state index in [1.54, 1.807) is 0 Å². The predicted octanol–water partition coefficient (Wildman–Crippen LogP) is 0.605. The molecule has 0 amide bonds. The van der Waals surface area contributed by atoms with Crippen LogP contribution in [0.4, 0.5) is 5.69 Å². The smallest absolute Gasteiger partial charge is 0.240 e. The minimum Gasteiger partial charge on any atom is -0.495 e. The molecule has 0 saturated carbocycles. The van der Waals surface area contributed by atoms with Gasteiger partial charge in [0.25, 0.3) is 0 Å². The third-order valence-corrected chi connectivity index (χ3v) is 5.74. The molecule has 2 rings (SSSR count). The van der Waals surface area contributed by atoms with Gasteiger partial charge in [0.1, 0.15) is 5.75 Å². The lowest BCUT2D eigenvalue weighted by Gasteiger charge is -2.25. The second kappa shape index (κ2) is 7.35. The number of nitrogen functional groups attached to an aromatic ring is 1. The molecule has 0 aromatic heterocycles. The van der Waals surface area contributed by atoms with Gasteiger partial charge in [-0.05, 0) is 12.1 Å². The zero-order valence-corrected chi connectivity index (χ0v) is 13.7. The van der Waals surface area contributed by atoms with Crippen molar-refractivity contribution in [1.82, 2.24) is 9.62 Å². The average molecular weight is 331 g/mol. The Kier molecular flexibility index (Phi) is 5.74. The van der Waals surface area contributed by atoms with E-state index in [9.17, 15) is 8.42 Å². The van der Waals surface area contributed by atoms with Crippen molar-refractivity contribution in [2.75, 3.05) is 50.5 Å². The second-order valence-electron chi connectivity index (χ2n) is 4.76. The first-order valence-electron chi connectivity index (χ1n) is 6.76. The summed E-state index contributed by atoms with van der Waals surface area (Å²) in [7, 11) is -2.07. The maximum absolute atomic E-state index is 12.2. The molecular weight excluding hydrogens is 310 g/mol. The molecule has 6 nitrogen and oxygen atoms in total. The van der Waals surface area contributed by atoms with Gasteiger partial charge in [0, 0.05) is 43.8 Å². The van der Waals surface area contributed by atoms with Gasteiger partial charge in [-0.1, -0.05) is 0 Å². The van der Waals surface area contributed by atoms with E-state index < -0.39 is 10.0 Å². The number of benzene rings is 1. The number of thioether (sulfide) groups is 1. The lowest BCUT2D eigenvalue weighted by atomic mass is 10.3. The first-order valence-corrected chi connectivity index (χ1v) is 9.40. The fourth-order valence-corrected chi connectivity index (χ4v) is 4.12. The Labute approximate surface area is 130 Å². The monoisotopic (exact) mass is 331 g/mol. The third kappa shape index (κ3) is 4.50. The SMILES string of the molecule is COc1cc(S(=O)(=O)NCCN2CCSCC2)ccc1N. The third-order valence-electron chi connectivity index (χ3n) is 3.34. The summed E-state index contributed by atoms with van der Waals surface area (Å²) in [6, 6.07) is 4.46. The van der Waals surface area contributed by atoms with Crippen molar-refractivity contribution in [1.29, 1.82) is 0 Å². The molecule has 3 N–H and O–H groups in total. The summed E-state index contributed by atoms with van der Waals surface area (Å²) in [4.78, 5) is 2.44. The topological polar surface area (TPSA) is 84.7 Å². The van der Waals surface area contributed by atoms with Crippen LogP contribution in [0.3, 0.4) is 0 Å². The Morgan fingerprint density at radius 1 is 1.38 bits per heavy atom. The van der Waals surface area contributed by atoms with Gasteiger partial charge < -0.3 is 15.4 Å². The van der Waals surface area contributed by atoms with Crippen molar-refractivity contribution in [2.24, 2.45) is 0 Å². The zero-order chi connectivity index (χ0) is 15.3. The van der Waals surface area contributed by atoms with Gasteiger partial charge in [0.15, 0.2) is 0 Å². The molecule has 1 heterocycles. The Balaban J connectivity index is 1.94. The predicted molar refractivity (Wildman–Crippen MR) is 86.4 cm³/mol. The van der Waals surface area contributed by atoms with Crippen molar-refractivity contribution in [3.05, 3.63) is 18.2 Å².